The molecule has 0 aromatic heterocycles. The van der Waals surface area contributed by atoms with Gasteiger partial charge in [-0.05, 0) is 0 Å². The first-order chi connectivity index (χ1) is 3.96. The van der Waals surface area contributed by atoms with Crippen LogP contribution >= 0.6 is 0 Å². The molecular formula is C3H7NO4S. The number of rotatable bonds is 1. The number of hydrogen-bond donors (Lipinski definition) is 1. The number of nitrogens with zero attached hydrogens (tertiary/aromatic N) is 1. The molecule has 0 radical (unpaired) electrons. The van der Waals surface area contributed by atoms with Crippen molar-refractivity contribution in [2.24, 2.45) is 0 Å². The second-order valence-electron chi connectivity index (χ2n) is 2.06. The van der Waals surface area contributed by atoms with Gasteiger partial charge in [0.25, 0.3) is 0 Å². The van der Waals surface area contributed by atoms with E-state index in [4.69, 9.17) is 4.55 Å². The van der Waals surface area contributed by atoms with Crippen molar-refractivity contribution in [3.63, 3.8) is 0 Å². The maximum absolute atomic E-state index is 10.7. The SMILES string of the molecule is O=S(=O)(O)[N+]1([O-])CCC1. The molecule has 0 aromatic carbocycles. The quantitative estimate of drug-likeness (QED) is 0.313. The van der Waals surface area contributed by atoms with E-state index in [1.807, 2.05) is 0 Å². The monoisotopic (exact) mass is 153 g/mol. The largest absolute Gasteiger partial charge is 0.615 e. The Labute approximate surface area is 52.9 Å². The van der Waals surface area contributed by atoms with Crippen molar-refractivity contribution in [2.75, 3.05) is 13.1 Å². The Kier molecular flexibility index (Phi) is 1.28. The lowest BCUT2D eigenvalue weighted by Gasteiger charge is -2.44. The Morgan fingerprint density at radius 2 is 1.89 bits per heavy atom. The fourth-order valence-electron chi connectivity index (χ4n) is 0.647. The molecule has 9 heavy (non-hydrogen) atoms. The van der Waals surface area contributed by atoms with Gasteiger partial charge in [0.2, 0.25) is 0 Å². The molecule has 0 aromatic rings. The van der Waals surface area contributed by atoms with Crippen LogP contribution in [0.3, 0.4) is 0 Å². The maximum atomic E-state index is 10.7. The lowest BCUT2D eigenvalue weighted by Crippen LogP contribution is -2.56. The van der Waals surface area contributed by atoms with Crippen molar-refractivity contribution in [3.05, 3.63) is 5.21 Å². The molecule has 1 saturated heterocycles. The summed E-state index contributed by atoms with van der Waals surface area (Å²) in [5.41, 5.74) is 0. The summed E-state index contributed by atoms with van der Waals surface area (Å²) in [4.78, 5) is 0. The minimum atomic E-state index is -4.38. The van der Waals surface area contributed by atoms with Gasteiger partial charge in [0.05, 0.1) is 0 Å². The third-order valence-corrected chi connectivity index (χ3v) is 2.62. The van der Waals surface area contributed by atoms with Crippen molar-refractivity contribution in [3.8, 4) is 0 Å². The molecule has 1 fully saturated rings. The summed E-state index contributed by atoms with van der Waals surface area (Å²) < 4.78 is 27.1. The van der Waals surface area contributed by atoms with Gasteiger partial charge in [-0.1, -0.05) is 0 Å². The highest BCUT2D eigenvalue weighted by molar-refractivity contribution is 7.80. The molecule has 1 rings (SSSR count). The van der Waals surface area contributed by atoms with Gasteiger partial charge in [-0.25, -0.2) is 8.60 Å². The number of quaternary nitrogens is 1. The summed E-state index contributed by atoms with van der Waals surface area (Å²) in [6.45, 7) is -0.0301. The summed E-state index contributed by atoms with van der Waals surface area (Å²) >= 11 is 0. The maximum Gasteiger partial charge on any atom is 0.432 e. The summed E-state index contributed by atoms with van der Waals surface area (Å²) in [6.07, 6.45) is 0.573. The van der Waals surface area contributed by atoms with Crippen molar-refractivity contribution in [1.82, 2.24) is 0 Å². The average Bonchev–Trinajstić information content (AvgIpc) is 1.57. The molecule has 0 amide bonds. The summed E-state index contributed by atoms with van der Waals surface area (Å²) in [7, 11) is -4.38. The molecule has 1 N–H and O–H groups in total. The first-order valence-electron chi connectivity index (χ1n) is 2.51. The number of hydroxylamine groups is 2. The molecular weight excluding hydrogens is 146 g/mol. The molecule has 0 bridgehead atoms. The van der Waals surface area contributed by atoms with Crippen molar-refractivity contribution >= 4 is 10.3 Å². The lowest BCUT2D eigenvalue weighted by molar-refractivity contribution is -0.801. The molecule has 0 unspecified atom stereocenters. The van der Waals surface area contributed by atoms with E-state index in [-0.39, 0.29) is 13.1 Å². The highest BCUT2D eigenvalue weighted by Gasteiger charge is 2.38. The molecule has 0 spiro atoms. The van der Waals surface area contributed by atoms with E-state index in [0.29, 0.717) is 6.42 Å². The van der Waals surface area contributed by atoms with E-state index < -0.39 is 14.4 Å². The van der Waals surface area contributed by atoms with Gasteiger partial charge in [-0.15, -0.1) is 8.42 Å². The van der Waals surface area contributed by atoms with Gasteiger partial charge in [-0.3, -0.25) is 0 Å². The molecule has 1 aliphatic heterocycles. The molecule has 6 heteroatoms. The minimum Gasteiger partial charge on any atom is -0.615 e. The Balaban J connectivity index is 2.84. The first kappa shape index (κ1) is 6.94. The van der Waals surface area contributed by atoms with Gasteiger partial charge in [0.15, 0.2) is 0 Å². The molecule has 54 valence electrons. The highest BCUT2D eigenvalue weighted by Crippen LogP contribution is 2.21. The van der Waals surface area contributed by atoms with Crippen LogP contribution in [-0.2, 0) is 10.3 Å². The zero-order chi connectivity index (χ0) is 7.12. The third kappa shape index (κ3) is 0.940. The second-order valence-corrected chi connectivity index (χ2v) is 3.62. The van der Waals surface area contributed by atoms with E-state index in [0.717, 1.165) is 0 Å². The van der Waals surface area contributed by atoms with E-state index in [1.165, 1.54) is 0 Å². The van der Waals surface area contributed by atoms with Gasteiger partial charge < -0.3 is 5.21 Å². The first-order valence-corrected chi connectivity index (χ1v) is 3.91. The summed E-state index contributed by atoms with van der Waals surface area (Å²) in [5.74, 6) is 0. The molecule has 1 heterocycles. The zero-order valence-corrected chi connectivity index (χ0v) is 5.47. The minimum absolute atomic E-state index is 0.0150. The predicted octanol–water partition coefficient (Wildman–Crippen LogP) is -0.492. The van der Waals surface area contributed by atoms with Crippen molar-refractivity contribution in [2.45, 2.75) is 6.42 Å². The Morgan fingerprint density at radius 1 is 1.44 bits per heavy atom. The normalized spacial score (nSPS) is 25.1. The van der Waals surface area contributed by atoms with Crippen LogP contribution in [0.5, 0.6) is 0 Å². The Morgan fingerprint density at radius 3 is 1.89 bits per heavy atom. The fraction of sp³-hybridized carbons (Fsp3) is 1.00. The van der Waals surface area contributed by atoms with E-state index in [1.54, 1.807) is 0 Å². The number of hydrogen-bond acceptors (Lipinski definition) is 3. The molecule has 0 saturated carbocycles. The van der Waals surface area contributed by atoms with Crippen LogP contribution in [0.1, 0.15) is 6.42 Å². The van der Waals surface area contributed by atoms with Crippen LogP contribution < -0.4 is 0 Å². The van der Waals surface area contributed by atoms with Crippen LogP contribution in [0, 0.1) is 5.21 Å². The van der Waals surface area contributed by atoms with Gasteiger partial charge in [0.1, 0.15) is 13.1 Å². The van der Waals surface area contributed by atoms with Crippen LogP contribution in [0.4, 0.5) is 0 Å². The molecule has 0 atom stereocenters. The average molecular weight is 153 g/mol. The zero-order valence-electron chi connectivity index (χ0n) is 4.65. The predicted molar refractivity (Wildman–Crippen MR) is 29.5 cm³/mol. The molecule has 5 nitrogen and oxygen atoms in total. The van der Waals surface area contributed by atoms with E-state index in [9.17, 15) is 13.6 Å². The lowest BCUT2D eigenvalue weighted by atomic mass is 10.3. The Bertz CT molecular complexity index is 204. The van der Waals surface area contributed by atoms with E-state index in [2.05, 4.69) is 0 Å². The summed E-state index contributed by atoms with van der Waals surface area (Å²) in [6, 6.07) is 0. The topological polar surface area (TPSA) is 77.4 Å². The van der Waals surface area contributed by atoms with Crippen LogP contribution in [0.2, 0.25) is 0 Å². The highest BCUT2D eigenvalue weighted by atomic mass is 32.2. The molecule has 0 aliphatic carbocycles. The third-order valence-electron chi connectivity index (χ3n) is 1.42. The molecule has 1 aliphatic rings. The van der Waals surface area contributed by atoms with Crippen molar-refractivity contribution in [1.29, 1.82) is 0 Å². The standard InChI is InChI=1S/C3H7NO4S/c5-4(2-1-3-4)9(6,7)8/h1-3H2,(H,6,7,8). The Hall–Kier alpha value is -0.170. The van der Waals surface area contributed by atoms with Crippen LogP contribution in [0.15, 0.2) is 0 Å². The van der Waals surface area contributed by atoms with Gasteiger partial charge >= 0.3 is 10.3 Å². The fourth-order valence-corrected chi connectivity index (χ4v) is 1.37. The summed E-state index contributed by atoms with van der Waals surface area (Å²) in [5, 5.41) is 10.7. The second kappa shape index (κ2) is 1.66. The van der Waals surface area contributed by atoms with Gasteiger partial charge in [-0.2, -0.15) is 0 Å². The van der Waals surface area contributed by atoms with E-state index >= 15 is 0 Å². The van der Waals surface area contributed by atoms with Crippen molar-refractivity contribution < 1.29 is 17.0 Å². The van der Waals surface area contributed by atoms with Gasteiger partial charge in [0, 0.05) is 6.42 Å². The smallest absolute Gasteiger partial charge is 0.432 e. The van der Waals surface area contributed by atoms with Crippen LogP contribution in [0.25, 0.3) is 0 Å². The van der Waals surface area contributed by atoms with Crippen LogP contribution in [-0.4, -0.2) is 30.1 Å².